The number of nitrogens with zero attached hydrogens (tertiary/aromatic N) is 1. The Morgan fingerprint density at radius 3 is 2.24 bits per heavy atom. The molecule has 4 aliphatic carbocycles. The second-order valence-electron chi connectivity index (χ2n) is 17.8. The normalized spacial score (nSPS) is 34.8. The molecule has 2 aromatic rings. The molecule has 0 aromatic heterocycles. The molecule has 8 atom stereocenters. The Bertz CT molecular complexity index is 1820. The molecule has 274 valence electrons. The number of anilines is 1. The summed E-state index contributed by atoms with van der Waals surface area (Å²) in [6.45, 7) is 14.1. The summed E-state index contributed by atoms with van der Waals surface area (Å²) >= 11 is 0. The quantitative estimate of drug-likeness (QED) is 0.215. The van der Waals surface area contributed by atoms with Gasteiger partial charge in [-0.3, -0.25) is 24.1 Å². The third kappa shape index (κ3) is 4.81. The molecule has 9 heteroatoms. The average molecular weight is 697 g/mol. The molecule has 1 aliphatic heterocycles. The number of β-lactam (4-membered cyclic amide) rings is 1. The molecule has 0 bridgehead atoms. The Hall–Kier alpha value is -3.72. The summed E-state index contributed by atoms with van der Waals surface area (Å²) in [5.74, 6) is -0.537. The topological polar surface area (TPSA) is 142 Å². The van der Waals surface area contributed by atoms with Gasteiger partial charge < -0.3 is 21.5 Å². The first kappa shape index (κ1) is 35.7. The van der Waals surface area contributed by atoms with Crippen LogP contribution in [0.5, 0.6) is 5.75 Å². The number of hydrogen-bond donors (Lipinski definition) is 4. The monoisotopic (exact) mass is 696 g/mol. The average Bonchev–Trinajstić information content (AvgIpc) is 3.08. The van der Waals surface area contributed by atoms with Crippen molar-refractivity contribution < 1.29 is 24.3 Å². The fraction of sp³-hybridized carbons (Fsp3) is 0.619. The third-order valence-electron chi connectivity index (χ3n) is 14.8. The Kier molecular flexibility index (Phi) is 8.33. The maximum atomic E-state index is 15.4. The minimum atomic E-state index is -0.784. The Morgan fingerprint density at radius 1 is 0.843 bits per heavy atom. The summed E-state index contributed by atoms with van der Waals surface area (Å²) < 4.78 is 0. The van der Waals surface area contributed by atoms with E-state index in [4.69, 9.17) is 5.73 Å². The molecule has 1 heterocycles. The van der Waals surface area contributed by atoms with Crippen LogP contribution in [-0.4, -0.2) is 51.3 Å². The highest BCUT2D eigenvalue weighted by Crippen LogP contribution is 2.70. The van der Waals surface area contributed by atoms with Crippen molar-refractivity contribution in [3.63, 3.8) is 0 Å². The van der Waals surface area contributed by atoms with E-state index in [1.54, 1.807) is 17.9 Å². The minimum Gasteiger partial charge on any atom is -0.508 e. The highest BCUT2D eigenvalue weighted by Gasteiger charge is 2.79. The van der Waals surface area contributed by atoms with Crippen LogP contribution in [0.1, 0.15) is 122 Å². The zero-order chi connectivity index (χ0) is 36.9. The predicted molar refractivity (Wildman–Crippen MR) is 197 cm³/mol. The standard InChI is InChI=1S/C42H56N4O5/c1-24(2)33(43)35(49)44-25(3)34(48)45-28-13-10-27-16-21-42-40(6,31(27)22-28)19-9-20-41(42,7)37(51)46(42)36(50)39(5)18-8-17-38(4)30-23-29(47)14-11-26(30)12-15-32(38)39/h10-11,13-14,22-25,32-33,47H,8-9,12,15-21,43H2,1-7H3,(H,44,49)(H,45,48)/t25-,32?,33?,38+,39-,40+,41+,42-/m0/s1. The SMILES string of the molecule is CC(C)C(N)C(=O)N[C@@H](C)C(=O)Nc1ccc2c(c1)[C@@]1(C)CCC[C@]3(C)C(=O)N(C(=O)[C@@]4(C)CCC[C@]5(C)c6cc(O)ccc6CCC45)[C@]31CC2. The third-order valence-corrected chi connectivity index (χ3v) is 14.8. The lowest BCUT2D eigenvalue weighted by atomic mass is 9.39. The van der Waals surface area contributed by atoms with E-state index in [-0.39, 0.29) is 46.6 Å². The number of benzene rings is 2. The number of phenols is 1. The van der Waals surface area contributed by atoms with Gasteiger partial charge in [-0.05, 0) is 129 Å². The summed E-state index contributed by atoms with van der Waals surface area (Å²) in [6.07, 6.45) is 8.16. The number of aryl methyl sites for hydroxylation is 2. The van der Waals surface area contributed by atoms with Crippen molar-refractivity contribution in [3.8, 4) is 5.75 Å². The van der Waals surface area contributed by atoms with Crippen LogP contribution >= 0.6 is 0 Å². The predicted octanol–water partition coefficient (Wildman–Crippen LogP) is 6.03. The van der Waals surface area contributed by atoms with Gasteiger partial charge in [-0.1, -0.05) is 59.6 Å². The molecule has 3 fully saturated rings. The maximum absolute atomic E-state index is 15.4. The van der Waals surface area contributed by atoms with Crippen LogP contribution in [0.2, 0.25) is 0 Å². The minimum absolute atomic E-state index is 0.0327. The lowest BCUT2D eigenvalue weighted by molar-refractivity contribution is -0.228. The molecule has 1 saturated heterocycles. The molecule has 7 rings (SSSR count). The number of phenolic OH excluding ortho intramolecular Hbond substituents is 1. The second kappa shape index (κ2) is 11.9. The van der Waals surface area contributed by atoms with Gasteiger partial charge in [0.05, 0.1) is 22.4 Å². The van der Waals surface area contributed by atoms with Crippen LogP contribution in [-0.2, 0) is 42.8 Å². The fourth-order valence-electron chi connectivity index (χ4n) is 11.8. The van der Waals surface area contributed by atoms with Gasteiger partial charge in [0.15, 0.2) is 0 Å². The van der Waals surface area contributed by atoms with E-state index in [1.807, 2.05) is 38.1 Å². The zero-order valence-electron chi connectivity index (χ0n) is 31.4. The number of aromatic hydroxyl groups is 1. The number of carbonyl (C=O) groups excluding carboxylic acids is 4. The van der Waals surface area contributed by atoms with Gasteiger partial charge in [-0.2, -0.15) is 0 Å². The number of hydrogen-bond acceptors (Lipinski definition) is 6. The first-order valence-corrected chi connectivity index (χ1v) is 19.2. The molecule has 4 amide bonds. The van der Waals surface area contributed by atoms with E-state index in [0.29, 0.717) is 12.1 Å². The van der Waals surface area contributed by atoms with Crippen LogP contribution in [0.25, 0.3) is 0 Å². The van der Waals surface area contributed by atoms with Gasteiger partial charge >= 0.3 is 0 Å². The molecule has 5 N–H and O–H groups in total. The van der Waals surface area contributed by atoms with E-state index in [0.717, 1.165) is 68.9 Å². The lowest BCUT2D eigenvalue weighted by Crippen LogP contribution is -2.87. The van der Waals surface area contributed by atoms with Gasteiger partial charge in [0, 0.05) is 11.1 Å². The first-order chi connectivity index (χ1) is 23.9. The molecule has 0 radical (unpaired) electrons. The van der Waals surface area contributed by atoms with E-state index in [1.165, 1.54) is 11.1 Å². The molecule has 51 heavy (non-hydrogen) atoms. The number of amides is 4. The van der Waals surface area contributed by atoms with Crippen molar-refractivity contribution in [2.45, 2.75) is 141 Å². The van der Waals surface area contributed by atoms with Crippen LogP contribution in [0.4, 0.5) is 5.69 Å². The van der Waals surface area contributed by atoms with Crippen molar-refractivity contribution in [2.75, 3.05) is 5.32 Å². The van der Waals surface area contributed by atoms with Crippen LogP contribution in [0.3, 0.4) is 0 Å². The van der Waals surface area contributed by atoms with Gasteiger partial charge in [0.1, 0.15) is 11.8 Å². The van der Waals surface area contributed by atoms with Gasteiger partial charge in [-0.15, -0.1) is 0 Å². The van der Waals surface area contributed by atoms with Crippen LogP contribution in [0.15, 0.2) is 36.4 Å². The zero-order valence-corrected chi connectivity index (χ0v) is 31.4. The number of imide groups is 1. The highest BCUT2D eigenvalue weighted by molar-refractivity contribution is 6.08. The molecule has 2 unspecified atom stereocenters. The smallest absolute Gasteiger partial charge is 0.246 e. The summed E-state index contributed by atoms with van der Waals surface area (Å²) in [5, 5.41) is 16.3. The van der Waals surface area contributed by atoms with Crippen LogP contribution in [0, 0.1) is 22.7 Å². The largest absolute Gasteiger partial charge is 0.508 e. The fourth-order valence-corrected chi connectivity index (χ4v) is 11.8. The number of nitrogens with one attached hydrogen (secondary N) is 2. The Morgan fingerprint density at radius 2 is 1.51 bits per heavy atom. The second-order valence-corrected chi connectivity index (χ2v) is 17.8. The summed E-state index contributed by atoms with van der Waals surface area (Å²) in [5.41, 5.74) is 8.43. The molecule has 5 aliphatic rings. The molecular formula is C42H56N4O5. The first-order valence-electron chi connectivity index (χ1n) is 19.2. The number of fused-ring (bicyclic) bond motifs is 5. The van der Waals surface area contributed by atoms with E-state index in [2.05, 4.69) is 44.4 Å². The number of likely N-dealkylation sites (tertiary alicyclic amines) is 1. The van der Waals surface area contributed by atoms with Gasteiger partial charge in [-0.25, -0.2) is 0 Å². The van der Waals surface area contributed by atoms with E-state index >= 15 is 4.79 Å². The molecule has 2 aromatic carbocycles. The van der Waals surface area contributed by atoms with Crippen molar-refractivity contribution >= 4 is 29.3 Å². The number of carbonyl (C=O) groups is 4. The Balaban J connectivity index is 1.22. The molecule has 2 saturated carbocycles. The van der Waals surface area contributed by atoms with Crippen molar-refractivity contribution in [1.29, 1.82) is 0 Å². The lowest BCUT2D eigenvalue weighted by Gasteiger charge is -2.74. The van der Waals surface area contributed by atoms with Crippen molar-refractivity contribution in [1.82, 2.24) is 10.2 Å². The number of nitrogens with two attached hydrogens (primary N) is 1. The van der Waals surface area contributed by atoms with E-state index < -0.39 is 33.9 Å². The number of rotatable bonds is 6. The summed E-state index contributed by atoms with van der Waals surface area (Å²) in [6, 6.07) is 10.2. The summed E-state index contributed by atoms with van der Waals surface area (Å²) in [4.78, 5) is 57.6. The van der Waals surface area contributed by atoms with Crippen molar-refractivity contribution in [3.05, 3.63) is 58.7 Å². The summed E-state index contributed by atoms with van der Waals surface area (Å²) in [7, 11) is 0. The van der Waals surface area contributed by atoms with Gasteiger partial charge in [0.2, 0.25) is 23.6 Å². The van der Waals surface area contributed by atoms with E-state index in [9.17, 15) is 19.5 Å². The van der Waals surface area contributed by atoms with Crippen molar-refractivity contribution in [2.24, 2.45) is 28.4 Å². The van der Waals surface area contributed by atoms with Crippen LogP contribution < -0.4 is 16.4 Å². The molecule has 1 spiro atoms. The highest BCUT2D eigenvalue weighted by atomic mass is 16.3. The molecule has 9 nitrogen and oxygen atoms in total. The molecular weight excluding hydrogens is 640 g/mol. The Labute approximate surface area is 302 Å². The maximum Gasteiger partial charge on any atom is 0.246 e. The van der Waals surface area contributed by atoms with Gasteiger partial charge in [0.25, 0.3) is 0 Å².